The van der Waals surface area contributed by atoms with Crippen LogP contribution in [0.4, 0.5) is 4.39 Å². The van der Waals surface area contributed by atoms with E-state index in [0.717, 1.165) is 6.08 Å². The summed E-state index contributed by atoms with van der Waals surface area (Å²) < 4.78 is 19.2. The van der Waals surface area contributed by atoms with E-state index in [1.165, 1.54) is 24.3 Å². The summed E-state index contributed by atoms with van der Waals surface area (Å²) in [5, 5.41) is 8.66. The molecule has 0 unspecified atom stereocenters. The van der Waals surface area contributed by atoms with Gasteiger partial charge in [0, 0.05) is 16.1 Å². The minimum Gasteiger partial charge on any atom is -0.423 e. The topological polar surface area (TPSA) is 50.1 Å². The normalized spacial score (nSPS) is 10.3. The van der Waals surface area contributed by atoms with E-state index in [1.54, 1.807) is 24.3 Å². The first-order chi connectivity index (χ1) is 10.1. The summed E-state index contributed by atoms with van der Waals surface area (Å²) in [5.41, 5.74) is 0.753. The molecule has 2 rings (SSSR count). The van der Waals surface area contributed by atoms with Crippen LogP contribution in [-0.2, 0) is 4.79 Å². The Balaban J connectivity index is 2.05. The smallest absolute Gasteiger partial charge is 0.336 e. The standard InChI is InChI=1S/C16H9BrFNO2/c17-13-4-7-15(18)12(9-13)3-8-16(20)21-14-5-1-11(10-19)2-6-14/h1-9H/b8-3+. The molecule has 104 valence electrons. The fourth-order valence-electron chi connectivity index (χ4n) is 1.55. The van der Waals surface area contributed by atoms with Gasteiger partial charge in [-0.05, 0) is 48.5 Å². The lowest BCUT2D eigenvalue weighted by molar-refractivity contribution is -0.128. The molecule has 0 aromatic heterocycles. The van der Waals surface area contributed by atoms with E-state index in [4.69, 9.17) is 10.00 Å². The Morgan fingerprint density at radius 3 is 2.62 bits per heavy atom. The molecule has 5 heteroatoms. The predicted octanol–water partition coefficient (Wildman–Crippen LogP) is 4.08. The van der Waals surface area contributed by atoms with Gasteiger partial charge in [0.2, 0.25) is 0 Å². The number of nitriles is 1. The molecule has 0 bridgehead atoms. The lowest BCUT2D eigenvalue weighted by Crippen LogP contribution is -2.03. The minimum atomic E-state index is -0.626. The third-order valence-corrected chi connectivity index (χ3v) is 3.05. The molecule has 0 saturated heterocycles. The maximum Gasteiger partial charge on any atom is 0.336 e. The molecule has 2 aromatic rings. The number of carbonyl (C=O) groups excluding carboxylic acids is 1. The van der Waals surface area contributed by atoms with E-state index in [0.29, 0.717) is 15.8 Å². The molecule has 0 fully saturated rings. The van der Waals surface area contributed by atoms with Crippen LogP contribution in [0.15, 0.2) is 53.0 Å². The number of carbonyl (C=O) groups is 1. The van der Waals surface area contributed by atoms with Crippen molar-refractivity contribution in [1.29, 1.82) is 5.26 Å². The summed E-state index contributed by atoms with van der Waals surface area (Å²) in [6.07, 6.45) is 2.48. The monoisotopic (exact) mass is 345 g/mol. The summed E-state index contributed by atoms with van der Waals surface area (Å²) in [4.78, 5) is 11.6. The Morgan fingerprint density at radius 1 is 1.24 bits per heavy atom. The molecule has 0 atom stereocenters. The van der Waals surface area contributed by atoms with Crippen molar-refractivity contribution >= 4 is 28.0 Å². The van der Waals surface area contributed by atoms with Gasteiger partial charge in [-0.2, -0.15) is 5.26 Å². The van der Waals surface area contributed by atoms with Gasteiger partial charge in [0.1, 0.15) is 11.6 Å². The molecule has 0 heterocycles. The van der Waals surface area contributed by atoms with E-state index < -0.39 is 11.8 Å². The Hall–Kier alpha value is -2.45. The largest absolute Gasteiger partial charge is 0.423 e. The van der Waals surface area contributed by atoms with Crippen molar-refractivity contribution in [2.45, 2.75) is 0 Å². The highest BCUT2D eigenvalue weighted by atomic mass is 79.9. The molecule has 0 amide bonds. The predicted molar refractivity (Wildman–Crippen MR) is 79.9 cm³/mol. The minimum absolute atomic E-state index is 0.279. The van der Waals surface area contributed by atoms with Crippen LogP contribution in [0.2, 0.25) is 0 Å². The Labute approximate surface area is 129 Å². The lowest BCUT2D eigenvalue weighted by atomic mass is 10.2. The zero-order chi connectivity index (χ0) is 15.2. The van der Waals surface area contributed by atoms with Crippen molar-refractivity contribution < 1.29 is 13.9 Å². The summed E-state index contributed by atoms with van der Waals surface area (Å²) >= 11 is 3.23. The second kappa shape index (κ2) is 6.82. The average Bonchev–Trinajstić information content (AvgIpc) is 2.49. The zero-order valence-corrected chi connectivity index (χ0v) is 12.3. The van der Waals surface area contributed by atoms with Crippen LogP contribution < -0.4 is 4.74 Å². The van der Waals surface area contributed by atoms with Crippen LogP contribution in [0, 0.1) is 17.1 Å². The number of rotatable bonds is 3. The van der Waals surface area contributed by atoms with Crippen LogP contribution in [-0.4, -0.2) is 5.97 Å². The van der Waals surface area contributed by atoms with Gasteiger partial charge in [-0.25, -0.2) is 9.18 Å². The SMILES string of the molecule is N#Cc1ccc(OC(=O)/C=C/c2cc(Br)ccc2F)cc1. The number of ether oxygens (including phenoxy) is 1. The van der Waals surface area contributed by atoms with Crippen molar-refractivity contribution in [2.24, 2.45) is 0 Å². The molecule has 0 N–H and O–H groups in total. The maximum absolute atomic E-state index is 13.5. The van der Waals surface area contributed by atoms with Crippen molar-refractivity contribution in [1.82, 2.24) is 0 Å². The van der Waals surface area contributed by atoms with Crippen molar-refractivity contribution in [3.05, 3.63) is 70.0 Å². The van der Waals surface area contributed by atoms with Gasteiger partial charge in [0.15, 0.2) is 0 Å². The molecule has 0 aliphatic carbocycles. The Bertz CT molecular complexity index is 733. The molecular weight excluding hydrogens is 337 g/mol. The number of hydrogen-bond acceptors (Lipinski definition) is 3. The third kappa shape index (κ3) is 4.26. The molecule has 21 heavy (non-hydrogen) atoms. The van der Waals surface area contributed by atoms with Crippen molar-refractivity contribution in [3.8, 4) is 11.8 Å². The number of hydrogen-bond donors (Lipinski definition) is 0. The lowest BCUT2D eigenvalue weighted by Gasteiger charge is -2.01. The highest BCUT2D eigenvalue weighted by Crippen LogP contribution is 2.17. The molecule has 0 spiro atoms. The van der Waals surface area contributed by atoms with E-state index in [1.807, 2.05) is 6.07 Å². The molecule has 2 aromatic carbocycles. The first kappa shape index (κ1) is 14.9. The van der Waals surface area contributed by atoms with Crippen LogP contribution in [0.1, 0.15) is 11.1 Å². The van der Waals surface area contributed by atoms with Crippen LogP contribution >= 0.6 is 15.9 Å². The second-order valence-corrected chi connectivity index (χ2v) is 4.97. The van der Waals surface area contributed by atoms with Crippen LogP contribution in [0.5, 0.6) is 5.75 Å². The number of nitrogens with zero attached hydrogens (tertiary/aromatic N) is 1. The molecule has 0 aliphatic heterocycles. The van der Waals surface area contributed by atoms with Crippen molar-refractivity contribution in [2.75, 3.05) is 0 Å². The number of benzene rings is 2. The summed E-state index contributed by atoms with van der Waals surface area (Å²) in [7, 11) is 0. The third-order valence-electron chi connectivity index (χ3n) is 2.56. The average molecular weight is 346 g/mol. The fraction of sp³-hybridized carbons (Fsp3) is 0. The number of halogens is 2. The quantitative estimate of drug-likeness (QED) is 0.478. The van der Waals surface area contributed by atoms with Gasteiger partial charge in [0.25, 0.3) is 0 Å². The highest BCUT2D eigenvalue weighted by molar-refractivity contribution is 9.10. The van der Waals surface area contributed by atoms with E-state index >= 15 is 0 Å². The van der Waals surface area contributed by atoms with Gasteiger partial charge < -0.3 is 4.74 Å². The van der Waals surface area contributed by atoms with Gasteiger partial charge in [-0.15, -0.1) is 0 Å². The highest BCUT2D eigenvalue weighted by Gasteiger charge is 2.03. The Kier molecular flexibility index (Phi) is 4.85. The number of esters is 1. The fourth-order valence-corrected chi connectivity index (χ4v) is 1.93. The van der Waals surface area contributed by atoms with Crippen LogP contribution in [0.25, 0.3) is 6.08 Å². The maximum atomic E-state index is 13.5. The molecular formula is C16H9BrFNO2. The van der Waals surface area contributed by atoms with Crippen LogP contribution in [0.3, 0.4) is 0 Å². The summed E-state index contributed by atoms with van der Waals surface area (Å²) in [5.74, 6) is -0.738. The van der Waals surface area contributed by atoms with Gasteiger partial charge in [0.05, 0.1) is 11.6 Å². The first-order valence-electron chi connectivity index (χ1n) is 5.93. The molecule has 0 radical (unpaired) electrons. The molecule has 3 nitrogen and oxygen atoms in total. The van der Waals surface area contributed by atoms with Gasteiger partial charge in [-0.1, -0.05) is 15.9 Å². The van der Waals surface area contributed by atoms with E-state index in [-0.39, 0.29) is 5.56 Å². The van der Waals surface area contributed by atoms with Crippen molar-refractivity contribution in [3.63, 3.8) is 0 Å². The molecule has 0 aliphatic rings. The van der Waals surface area contributed by atoms with E-state index in [9.17, 15) is 9.18 Å². The summed E-state index contributed by atoms with van der Waals surface area (Å²) in [6.45, 7) is 0. The van der Waals surface area contributed by atoms with E-state index in [2.05, 4.69) is 15.9 Å². The molecule has 0 saturated carbocycles. The zero-order valence-electron chi connectivity index (χ0n) is 10.7. The Morgan fingerprint density at radius 2 is 1.95 bits per heavy atom. The summed E-state index contributed by atoms with van der Waals surface area (Å²) in [6, 6.07) is 12.5. The first-order valence-corrected chi connectivity index (χ1v) is 6.73. The van der Waals surface area contributed by atoms with Gasteiger partial charge >= 0.3 is 5.97 Å². The second-order valence-electron chi connectivity index (χ2n) is 4.06. The van der Waals surface area contributed by atoms with Gasteiger partial charge in [-0.3, -0.25) is 0 Å².